The molecule has 0 bridgehead atoms. The van der Waals surface area contributed by atoms with E-state index < -0.39 is 0 Å². The van der Waals surface area contributed by atoms with Crippen molar-refractivity contribution >= 4 is 17.3 Å². The Morgan fingerprint density at radius 2 is 2.21 bits per heavy atom. The van der Waals surface area contributed by atoms with E-state index in [0.717, 1.165) is 11.4 Å². The summed E-state index contributed by atoms with van der Waals surface area (Å²) in [5, 5.41) is 3.53. The van der Waals surface area contributed by atoms with Gasteiger partial charge in [0.1, 0.15) is 5.76 Å². The van der Waals surface area contributed by atoms with Gasteiger partial charge in [-0.1, -0.05) is 0 Å². The van der Waals surface area contributed by atoms with E-state index in [0.29, 0.717) is 24.9 Å². The summed E-state index contributed by atoms with van der Waals surface area (Å²) in [6.07, 6.45) is 1.76. The number of halogens is 1. The van der Waals surface area contributed by atoms with E-state index in [2.05, 4.69) is 5.32 Å². The highest BCUT2D eigenvalue weighted by Gasteiger charge is 2.01. The maximum atomic E-state index is 11.6. The summed E-state index contributed by atoms with van der Waals surface area (Å²) in [6, 6.07) is 6.75. The summed E-state index contributed by atoms with van der Waals surface area (Å²) in [4.78, 5) is 11.6. The van der Waals surface area contributed by atoms with Crippen LogP contribution in [0.3, 0.4) is 0 Å². The van der Waals surface area contributed by atoms with E-state index in [9.17, 15) is 4.79 Å². The van der Waals surface area contributed by atoms with Crippen LogP contribution in [0.15, 0.2) is 39.7 Å². The Labute approximate surface area is 115 Å². The number of pyridine rings is 1. The molecule has 1 N–H and O–H groups in total. The van der Waals surface area contributed by atoms with E-state index in [4.69, 9.17) is 20.8 Å². The van der Waals surface area contributed by atoms with Crippen LogP contribution in [0.25, 0.3) is 0 Å². The van der Waals surface area contributed by atoms with Gasteiger partial charge in [-0.3, -0.25) is 4.79 Å². The Balaban J connectivity index is 2.02. The predicted molar refractivity (Wildman–Crippen MR) is 73.6 cm³/mol. The molecular weight excluding hydrogens is 268 g/mol. The number of furan rings is 1. The van der Waals surface area contributed by atoms with Crippen molar-refractivity contribution in [3.8, 4) is 0 Å². The van der Waals surface area contributed by atoms with Crippen LogP contribution >= 0.6 is 11.6 Å². The van der Waals surface area contributed by atoms with Gasteiger partial charge >= 0.3 is 0 Å². The zero-order valence-corrected chi connectivity index (χ0v) is 11.3. The van der Waals surface area contributed by atoms with Crippen LogP contribution in [0.5, 0.6) is 0 Å². The molecule has 2 heterocycles. The average Bonchev–Trinajstić information content (AvgIpc) is 2.82. The third-order valence-corrected chi connectivity index (χ3v) is 2.82. The zero-order chi connectivity index (χ0) is 13.7. The number of nitrogens with zero attached hydrogens (tertiary/aromatic N) is 1. The van der Waals surface area contributed by atoms with E-state index >= 15 is 0 Å². The lowest BCUT2D eigenvalue weighted by Gasteiger charge is -2.09. The minimum atomic E-state index is -0.0522. The molecular formula is C13H15ClN2O3. The standard InChI is InChI=1S/C13H15ClN2O3/c1-18-7-6-16-9-10(2-5-13(16)17)15-8-11-3-4-12(14)19-11/h2-5,9,15H,6-8H2,1H3. The molecule has 102 valence electrons. The molecule has 5 nitrogen and oxygen atoms in total. The lowest BCUT2D eigenvalue weighted by Crippen LogP contribution is -2.21. The van der Waals surface area contributed by atoms with E-state index in [1.54, 1.807) is 36.1 Å². The van der Waals surface area contributed by atoms with Crippen LogP contribution in [0.2, 0.25) is 5.22 Å². The normalized spacial score (nSPS) is 10.6. The summed E-state index contributed by atoms with van der Waals surface area (Å²) in [6.45, 7) is 1.53. The van der Waals surface area contributed by atoms with Crippen LogP contribution in [0.1, 0.15) is 5.76 Å². The van der Waals surface area contributed by atoms with Crippen molar-refractivity contribution in [3.63, 3.8) is 0 Å². The lowest BCUT2D eigenvalue weighted by molar-refractivity contribution is 0.186. The molecule has 0 aromatic carbocycles. The van der Waals surface area contributed by atoms with Crippen molar-refractivity contribution in [3.05, 3.63) is 51.8 Å². The first-order chi connectivity index (χ1) is 9.19. The molecule has 0 amide bonds. The quantitative estimate of drug-likeness (QED) is 0.884. The Bertz CT molecular complexity index is 592. The van der Waals surface area contributed by atoms with Gasteiger partial charge in [-0.05, 0) is 29.8 Å². The minimum Gasteiger partial charge on any atom is -0.448 e. The highest BCUT2D eigenvalue weighted by molar-refractivity contribution is 6.28. The van der Waals surface area contributed by atoms with Gasteiger partial charge in [-0.2, -0.15) is 0 Å². The van der Waals surface area contributed by atoms with Crippen molar-refractivity contribution in [1.82, 2.24) is 4.57 Å². The highest BCUT2D eigenvalue weighted by Crippen LogP contribution is 2.14. The fraction of sp³-hybridized carbons (Fsp3) is 0.308. The molecule has 0 saturated carbocycles. The van der Waals surface area contributed by atoms with Gasteiger partial charge in [0, 0.05) is 25.9 Å². The maximum absolute atomic E-state index is 11.6. The molecule has 0 aliphatic carbocycles. The summed E-state index contributed by atoms with van der Waals surface area (Å²) in [5.74, 6) is 0.736. The van der Waals surface area contributed by atoms with Gasteiger partial charge in [-0.15, -0.1) is 0 Å². The molecule has 0 aliphatic rings. The molecule has 2 rings (SSSR count). The Kier molecular flexibility index (Phi) is 4.65. The van der Waals surface area contributed by atoms with Gasteiger partial charge in [0.15, 0.2) is 5.22 Å². The molecule has 19 heavy (non-hydrogen) atoms. The van der Waals surface area contributed by atoms with Crippen molar-refractivity contribution in [2.75, 3.05) is 19.0 Å². The van der Waals surface area contributed by atoms with Gasteiger partial charge in [0.2, 0.25) is 0 Å². The summed E-state index contributed by atoms with van der Waals surface area (Å²) >= 11 is 5.69. The smallest absolute Gasteiger partial charge is 0.250 e. The Morgan fingerprint density at radius 1 is 1.37 bits per heavy atom. The number of rotatable bonds is 6. The number of hydrogen-bond donors (Lipinski definition) is 1. The SMILES string of the molecule is COCCn1cc(NCc2ccc(Cl)o2)ccc1=O. The fourth-order valence-corrected chi connectivity index (χ4v) is 1.80. The van der Waals surface area contributed by atoms with Crippen LogP contribution < -0.4 is 10.9 Å². The van der Waals surface area contributed by atoms with E-state index in [1.807, 2.05) is 0 Å². The Morgan fingerprint density at radius 3 is 2.89 bits per heavy atom. The first kappa shape index (κ1) is 13.7. The van der Waals surface area contributed by atoms with Crippen molar-refractivity contribution in [2.24, 2.45) is 0 Å². The van der Waals surface area contributed by atoms with Crippen LogP contribution in [-0.4, -0.2) is 18.3 Å². The summed E-state index contributed by atoms with van der Waals surface area (Å²) in [5.41, 5.74) is 0.784. The van der Waals surface area contributed by atoms with Crippen molar-refractivity contribution in [1.29, 1.82) is 0 Å². The predicted octanol–water partition coefficient (Wildman–Crippen LogP) is 2.35. The largest absolute Gasteiger partial charge is 0.448 e. The maximum Gasteiger partial charge on any atom is 0.250 e. The molecule has 0 fully saturated rings. The fourth-order valence-electron chi connectivity index (χ4n) is 1.64. The number of ether oxygens (including phenoxy) is 1. The second-order valence-electron chi connectivity index (χ2n) is 4.00. The van der Waals surface area contributed by atoms with Crippen LogP contribution in [-0.2, 0) is 17.8 Å². The van der Waals surface area contributed by atoms with Gasteiger partial charge < -0.3 is 19.0 Å². The number of methoxy groups -OCH3 is 1. The first-order valence-electron chi connectivity index (χ1n) is 5.86. The molecule has 0 unspecified atom stereocenters. The molecule has 6 heteroatoms. The molecule has 0 aliphatic heterocycles. The number of nitrogens with one attached hydrogen (secondary N) is 1. The van der Waals surface area contributed by atoms with E-state index in [1.165, 1.54) is 6.07 Å². The number of aromatic nitrogens is 1. The summed E-state index contributed by atoms with van der Waals surface area (Å²) in [7, 11) is 1.60. The molecule has 0 spiro atoms. The third-order valence-electron chi connectivity index (χ3n) is 2.62. The van der Waals surface area contributed by atoms with Crippen LogP contribution in [0, 0.1) is 0 Å². The van der Waals surface area contributed by atoms with Crippen molar-refractivity contribution in [2.45, 2.75) is 13.1 Å². The van der Waals surface area contributed by atoms with E-state index in [-0.39, 0.29) is 5.56 Å². The van der Waals surface area contributed by atoms with Crippen molar-refractivity contribution < 1.29 is 9.15 Å². The molecule has 0 radical (unpaired) electrons. The topological polar surface area (TPSA) is 56.4 Å². The third kappa shape index (κ3) is 3.87. The summed E-state index contributed by atoms with van der Waals surface area (Å²) < 4.78 is 11.8. The van der Waals surface area contributed by atoms with Gasteiger partial charge in [-0.25, -0.2) is 0 Å². The van der Waals surface area contributed by atoms with Gasteiger partial charge in [0.25, 0.3) is 5.56 Å². The molecule has 0 saturated heterocycles. The second-order valence-corrected chi connectivity index (χ2v) is 4.37. The number of hydrogen-bond acceptors (Lipinski definition) is 4. The number of anilines is 1. The minimum absolute atomic E-state index is 0.0522. The van der Waals surface area contributed by atoms with Gasteiger partial charge in [0.05, 0.1) is 18.8 Å². The lowest BCUT2D eigenvalue weighted by atomic mass is 10.3. The van der Waals surface area contributed by atoms with Crippen LogP contribution in [0.4, 0.5) is 5.69 Å². The zero-order valence-electron chi connectivity index (χ0n) is 10.6. The molecule has 0 atom stereocenters. The Hall–Kier alpha value is -1.72. The molecule has 2 aromatic rings. The highest BCUT2D eigenvalue weighted by atomic mass is 35.5. The molecule has 2 aromatic heterocycles. The average molecular weight is 283 g/mol. The monoisotopic (exact) mass is 282 g/mol. The first-order valence-corrected chi connectivity index (χ1v) is 6.24. The second kappa shape index (κ2) is 6.45.